The Morgan fingerprint density at radius 2 is 1.85 bits per heavy atom. The van der Waals surface area contributed by atoms with E-state index in [9.17, 15) is 23.2 Å². The quantitative estimate of drug-likeness (QED) is 0.316. The average Bonchev–Trinajstić information content (AvgIpc) is 3.57. The molecule has 0 spiro atoms. The van der Waals surface area contributed by atoms with Crippen molar-refractivity contribution < 1.29 is 31.8 Å². The number of benzene rings is 2. The number of β-amino-alcohol motifs (C(OH)–C–C–N with tert-alkyl or cyclic N) is 1. The Bertz CT molecular complexity index is 1710. The lowest BCUT2D eigenvalue weighted by molar-refractivity contribution is 0.155. The van der Waals surface area contributed by atoms with Crippen molar-refractivity contribution in [3.8, 4) is 34.8 Å². The first kappa shape index (κ1) is 27.9. The van der Waals surface area contributed by atoms with Gasteiger partial charge in [-0.25, -0.2) is 12.8 Å². The van der Waals surface area contributed by atoms with Crippen LogP contribution in [-0.4, -0.2) is 67.0 Å². The van der Waals surface area contributed by atoms with Crippen LogP contribution in [0.5, 0.6) is 11.5 Å². The van der Waals surface area contributed by atoms with Gasteiger partial charge in [0.25, 0.3) is 0 Å². The number of hydrogen-bond donors (Lipinski definition) is 2. The highest BCUT2D eigenvalue weighted by Crippen LogP contribution is 2.38. The fourth-order valence-corrected chi connectivity index (χ4v) is 6.20. The summed E-state index contributed by atoms with van der Waals surface area (Å²) in [5, 5.41) is 27.1. The maximum Gasteiger partial charge on any atom is 0.243 e. The van der Waals surface area contributed by atoms with Crippen molar-refractivity contribution in [2.75, 3.05) is 36.9 Å². The van der Waals surface area contributed by atoms with Gasteiger partial charge in [-0.05, 0) is 55.8 Å². The molecule has 0 saturated carbocycles. The standard InChI is InChI=1S/C27H27FN6O6S/c1-16-7-10-24(40-16)26-30-31-27(34(26)25-22(38-2)5-4-6-23(25)39-3)32-41(36,37)20-12-19(35)14-33(15-20)18-8-9-21(28)17(11-18)13-29/h4-11,19-20,35H,12,14-15H2,1-3H3,(H,31,32)/t19-,20+/m1/s1. The van der Waals surface area contributed by atoms with Crippen molar-refractivity contribution in [3.63, 3.8) is 0 Å². The first-order valence-electron chi connectivity index (χ1n) is 12.5. The molecule has 0 amide bonds. The Morgan fingerprint density at radius 3 is 2.49 bits per heavy atom. The molecule has 14 heteroatoms. The zero-order chi connectivity index (χ0) is 29.3. The molecule has 2 aromatic carbocycles. The lowest BCUT2D eigenvalue weighted by Gasteiger charge is -2.36. The van der Waals surface area contributed by atoms with Crippen LogP contribution >= 0.6 is 0 Å². The second-order valence-corrected chi connectivity index (χ2v) is 11.4. The number of aryl methyl sites for hydroxylation is 1. The zero-order valence-corrected chi connectivity index (χ0v) is 23.2. The Kier molecular flexibility index (Phi) is 7.57. The summed E-state index contributed by atoms with van der Waals surface area (Å²) < 4.78 is 62.3. The van der Waals surface area contributed by atoms with Gasteiger partial charge in [-0.2, -0.15) is 5.26 Å². The van der Waals surface area contributed by atoms with Crippen molar-refractivity contribution in [1.29, 1.82) is 5.26 Å². The molecular weight excluding hydrogens is 555 g/mol. The molecule has 4 aromatic rings. The first-order chi connectivity index (χ1) is 19.6. The Labute approximate surface area is 235 Å². The number of rotatable bonds is 8. The summed E-state index contributed by atoms with van der Waals surface area (Å²) in [6, 6.07) is 14.2. The van der Waals surface area contributed by atoms with E-state index in [-0.39, 0.29) is 36.8 Å². The second-order valence-electron chi connectivity index (χ2n) is 9.44. The highest BCUT2D eigenvalue weighted by molar-refractivity contribution is 7.93. The first-order valence-corrected chi connectivity index (χ1v) is 14.1. The highest BCUT2D eigenvalue weighted by Gasteiger charge is 2.37. The fraction of sp³-hybridized carbons (Fsp3) is 0.296. The van der Waals surface area contributed by atoms with Gasteiger partial charge in [-0.3, -0.25) is 9.29 Å². The topological polar surface area (TPSA) is 156 Å². The van der Waals surface area contributed by atoms with Crippen molar-refractivity contribution in [1.82, 2.24) is 14.8 Å². The van der Waals surface area contributed by atoms with Gasteiger partial charge in [-0.15, -0.1) is 10.2 Å². The summed E-state index contributed by atoms with van der Waals surface area (Å²) >= 11 is 0. The minimum Gasteiger partial charge on any atom is -0.494 e. The van der Waals surface area contributed by atoms with Crippen LogP contribution in [0, 0.1) is 24.1 Å². The van der Waals surface area contributed by atoms with E-state index in [0.717, 1.165) is 6.07 Å². The van der Waals surface area contributed by atoms with Crippen LogP contribution < -0.4 is 19.1 Å². The number of aromatic nitrogens is 3. The van der Waals surface area contributed by atoms with Gasteiger partial charge in [-0.1, -0.05) is 6.07 Å². The van der Waals surface area contributed by atoms with Crippen LogP contribution in [-0.2, 0) is 10.0 Å². The van der Waals surface area contributed by atoms with Gasteiger partial charge < -0.3 is 23.9 Å². The molecule has 1 aliphatic rings. The number of anilines is 2. The SMILES string of the molecule is COc1cccc(OC)c1-n1c(NS(=O)(=O)[C@H]2C[C@@H](O)CN(c3ccc(F)c(C#N)c3)C2)nnc1-c1ccc(C)o1. The van der Waals surface area contributed by atoms with Crippen molar-refractivity contribution in [3.05, 3.63) is 65.7 Å². The average molecular weight is 583 g/mol. The minimum atomic E-state index is -4.19. The number of nitrogens with zero attached hydrogens (tertiary/aromatic N) is 5. The summed E-state index contributed by atoms with van der Waals surface area (Å²) in [7, 11) is -1.26. The normalized spacial score (nSPS) is 17.2. The minimum absolute atomic E-state index is 0.0285. The molecule has 2 atom stereocenters. The van der Waals surface area contributed by atoms with Gasteiger partial charge in [0.1, 0.15) is 40.1 Å². The molecule has 0 unspecified atom stereocenters. The number of halogens is 1. The smallest absolute Gasteiger partial charge is 0.243 e. The highest BCUT2D eigenvalue weighted by atomic mass is 32.2. The monoisotopic (exact) mass is 582 g/mol. The lowest BCUT2D eigenvalue weighted by atomic mass is 10.1. The van der Waals surface area contributed by atoms with E-state index in [0.29, 0.717) is 34.4 Å². The Hall–Kier alpha value is -4.61. The summed E-state index contributed by atoms with van der Waals surface area (Å²) in [6.07, 6.45) is -1.07. The van der Waals surface area contributed by atoms with E-state index >= 15 is 0 Å². The fourth-order valence-electron chi connectivity index (χ4n) is 4.80. The van der Waals surface area contributed by atoms with E-state index in [1.54, 1.807) is 48.2 Å². The molecule has 3 heterocycles. The predicted octanol–water partition coefficient (Wildman–Crippen LogP) is 3.25. The second kappa shape index (κ2) is 11.1. The van der Waals surface area contributed by atoms with E-state index in [1.165, 1.54) is 30.9 Å². The zero-order valence-electron chi connectivity index (χ0n) is 22.4. The van der Waals surface area contributed by atoms with Crippen molar-refractivity contribution >= 4 is 21.7 Å². The lowest BCUT2D eigenvalue weighted by Crippen LogP contribution is -2.50. The summed E-state index contributed by atoms with van der Waals surface area (Å²) in [6.45, 7) is 1.84. The number of nitriles is 1. The number of piperidine rings is 1. The largest absolute Gasteiger partial charge is 0.494 e. The Morgan fingerprint density at radius 1 is 1.12 bits per heavy atom. The van der Waals surface area contributed by atoms with Crippen LogP contribution in [0.1, 0.15) is 17.7 Å². The van der Waals surface area contributed by atoms with Crippen LogP contribution in [0.2, 0.25) is 0 Å². The number of hydrogen-bond acceptors (Lipinski definition) is 10. The molecule has 1 saturated heterocycles. The van der Waals surface area contributed by atoms with E-state index in [2.05, 4.69) is 14.9 Å². The maximum absolute atomic E-state index is 13.9. The van der Waals surface area contributed by atoms with Crippen LogP contribution in [0.4, 0.5) is 16.0 Å². The van der Waals surface area contributed by atoms with Crippen molar-refractivity contribution in [2.24, 2.45) is 0 Å². The number of sulfonamides is 1. The molecule has 214 valence electrons. The number of methoxy groups -OCH3 is 2. The number of furan rings is 1. The van der Waals surface area contributed by atoms with Gasteiger partial charge in [0.2, 0.25) is 21.8 Å². The third kappa shape index (κ3) is 5.41. The molecule has 2 N–H and O–H groups in total. The molecule has 12 nitrogen and oxygen atoms in total. The van der Waals surface area contributed by atoms with Crippen molar-refractivity contribution in [2.45, 2.75) is 24.7 Å². The Balaban J connectivity index is 1.55. The van der Waals surface area contributed by atoms with E-state index in [1.807, 2.05) is 0 Å². The molecule has 0 radical (unpaired) electrons. The number of para-hydroxylation sites is 1. The summed E-state index contributed by atoms with van der Waals surface area (Å²) in [5.41, 5.74) is 0.573. The molecule has 5 rings (SSSR count). The molecule has 0 aliphatic carbocycles. The van der Waals surface area contributed by atoms with E-state index < -0.39 is 27.2 Å². The van der Waals surface area contributed by atoms with Crippen LogP contribution in [0.15, 0.2) is 52.9 Å². The summed E-state index contributed by atoms with van der Waals surface area (Å²) in [5.74, 6) is 1.01. The van der Waals surface area contributed by atoms with Gasteiger partial charge >= 0.3 is 0 Å². The molecule has 1 aliphatic heterocycles. The number of aliphatic hydroxyl groups excluding tert-OH is 1. The third-order valence-corrected chi connectivity index (χ3v) is 8.43. The molecule has 41 heavy (non-hydrogen) atoms. The predicted molar refractivity (Wildman–Crippen MR) is 147 cm³/mol. The summed E-state index contributed by atoms with van der Waals surface area (Å²) in [4.78, 5) is 1.60. The van der Waals surface area contributed by atoms with Gasteiger partial charge in [0.05, 0.1) is 25.9 Å². The van der Waals surface area contributed by atoms with Gasteiger partial charge in [0, 0.05) is 18.8 Å². The number of ether oxygens (including phenoxy) is 2. The van der Waals surface area contributed by atoms with Gasteiger partial charge in [0.15, 0.2) is 5.76 Å². The molecule has 1 fully saturated rings. The van der Waals surface area contributed by atoms with E-state index in [4.69, 9.17) is 13.9 Å². The van der Waals surface area contributed by atoms with Crippen LogP contribution in [0.25, 0.3) is 17.3 Å². The maximum atomic E-state index is 13.9. The van der Waals surface area contributed by atoms with Crippen LogP contribution in [0.3, 0.4) is 0 Å². The molecule has 2 aromatic heterocycles. The third-order valence-electron chi connectivity index (χ3n) is 6.75. The number of nitrogens with one attached hydrogen (secondary N) is 1. The number of aliphatic hydroxyl groups is 1. The molecule has 0 bridgehead atoms. The molecular formula is C27H27FN6O6S.